The minimum atomic E-state index is 0.0764. The Bertz CT molecular complexity index is 435. The summed E-state index contributed by atoms with van der Waals surface area (Å²) < 4.78 is 0. The highest BCUT2D eigenvalue weighted by Crippen LogP contribution is 2.16. The molecule has 0 spiro atoms. The van der Waals surface area contributed by atoms with Crippen LogP contribution in [0.1, 0.15) is 5.56 Å². The van der Waals surface area contributed by atoms with E-state index in [9.17, 15) is 0 Å². The molecule has 0 bridgehead atoms. The minimum Gasteiger partial charge on any atom is -0.375 e. The Kier molecular flexibility index (Phi) is 4.08. The standard InChI is InChI=1S/C8H8N6S/c9-8(15)13-11-5-6-3-1-2-4-7(6)12-14-10/h1-5H,(H3,9,13,15). The molecule has 15 heavy (non-hydrogen) atoms. The first-order valence-electron chi connectivity index (χ1n) is 3.96. The average molecular weight is 220 g/mol. The maximum absolute atomic E-state index is 8.32. The van der Waals surface area contributed by atoms with Crippen LogP contribution in [-0.4, -0.2) is 11.3 Å². The Morgan fingerprint density at radius 1 is 1.53 bits per heavy atom. The summed E-state index contributed by atoms with van der Waals surface area (Å²) in [5.74, 6) is 0. The summed E-state index contributed by atoms with van der Waals surface area (Å²) in [5, 5.41) is 7.34. The predicted octanol–water partition coefficient (Wildman–Crippen LogP) is 1.80. The van der Waals surface area contributed by atoms with Crippen LogP contribution in [-0.2, 0) is 0 Å². The van der Waals surface area contributed by atoms with Gasteiger partial charge in [-0.3, -0.25) is 5.43 Å². The number of thiocarbonyl (C=S) groups is 1. The van der Waals surface area contributed by atoms with Gasteiger partial charge in [0.05, 0.1) is 6.21 Å². The smallest absolute Gasteiger partial charge is 0.184 e. The summed E-state index contributed by atoms with van der Waals surface area (Å²) in [6.07, 6.45) is 1.48. The van der Waals surface area contributed by atoms with Crippen molar-refractivity contribution < 1.29 is 0 Å². The Morgan fingerprint density at radius 2 is 2.27 bits per heavy atom. The number of hydrogen-bond donors (Lipinski definition) is 2. The first kappa shape index (κ1) is 11.0. The van der Waals surface area contributed by atoms with Crippen LogP contribution in [0.2, 0.25) is 0 Å². The number of nitrogens with one attached hydrogen (secondary N) is 1. The van der Waals surface area contributed by atoms with E-state index >= 15 is 0 Å². The van der Waals surface area contributed by atoms with Crippen LogP contribution < -0.4 is 11.2 Å². The number of hydrazone groups is 1. The second kappa shape index (κ2) is 5.58. The van der Waals surface area contributed by atoms with E-state index < -0.39 is 0 Å². The third kappa shape index (κ3) is 3.63. The third-order valence-corrected chi connectivity index (χ3v) is 1.56. The molecule has 0 heterocycles. The fourth-order valence-corrected chi connectivity index (χ4v) is 0.954. The molecular weight excluding hydrogens is 212 g/mol. The van der Waals surface area contributed by atoms with Crippen molar-refractivity contribution in [2.24, 2.45) is 15.9 Å². The van der Waals surface area contributed by atoms with E-state index in [0.29, 0.717) is 11.3 Å². The van der Waals surface area contributed by atoms with Crippen LogP contribution in [0.5, 0.6) is 0 Å². The van der Waals surface area contributed by atoms with Crippen molar-refractivity contribution in [3.63, 3.8) is 0 Å². The maximum atomic E-state index is 8.32. The van der Waals surface area contributed by atoms with Crippen LogP contribution in [0.15, 0.2) is 34.5 Å². The summed E-state index contributed by atoms with van der Waals surface area (Å²) in [6.45, 7) is 0. The molecule has 1 aromatic rings. The molecule has 1 rings (SSSR count). The highest BCUT2D eigenvalue weighted by molar-refractivity contribution is 7.80. The first-order valence-corrected chi connectivity index (χ1v) is 4.37. The SMILES string of the molecule is [N-]=[N+]=Nc1ccccc1C=NNC(N)=S. The fourth-order valence-electron chi connectivity index (χ4n) is 0.901. The molecule has 1 aromatic carbocycles. The van der Waals surface area contributed by atoms with Crippen LogP contribution in [0.3, 0.4) is 0 Å². The molecule has 0 saturated heterocycles. The molecule has 0 aliphatic heterocycles. The molecule has 0 aliphatic rings. The number of nitrogens with two attached hydrogens (primary N) is 1. The van der Waals surface area contributed by atoms with Crippen LogP contribution >= 0.6 is 12.2 Å². The molecular formula is C8H8N6S. The predicted molar refractivity (Wildman–Crippen MR) is 62.8 cm³/mol. The molecule has 0 aliphatic carbocycles. The van der Waals surface area contributed by atoms with Gasteiger partial charge in [0, 0.05) is 16.2 Å². The number of hydrogen-bond acceptors (Lipinski definition) is 3. The average Bonchev–Trinajstić information content (AvgIpc) is 2.20. The molecule has 7 heteroatoms. The Balaban J connectivity index is 2.88. The van der Waals surface area contributed by atoms with E-state index in [2.05, 4.69) is 32.8 Å². The Morgan fingerprint density at radius 3 is 2.93 bits per heavy atom. The molecule has 0 saturated carbocycles. The van der Waals surface area contributed by atoms with Crippen molar-refractivity contribution in [1.29, 1.82) is 0 Å². The van der Waals surface area contributed by atoms with Gasteiger partial charge >= 0.3 is 0 Å². The topological polar surface area (TPSA) is 99.2 Å². The molecule has 3 N–H and O–H groups in total. The lowest BCUT2D eigenvalue weighted by molar-refractivity contribution is 1.04. The lowest BCUT2D eigenvalue weighted by Gasteiger charge is -1.98. The van der Waals surface area contributed by atoms with Gasteiger partial charge in [-0.1, -0.05) is 29.4 Å². The highest BCUT2D eigenvalue weighted by atomic mass is 32.1. The van der Waals surface area contributed by atoms with Gasteiger partial charge in [-0.05, 0) is 17.7 Å². The second-order valence-corrected chi connectivity index (χ2v) is 2.92. The lowest BCUT2D eigenvalue weighted by Crippen LogP contribution is -2.23. The van der Waals surface area contributed by atoms with Gasteiger partial charge in [0.2, 0.25) is 0 Å². The monoisotopic (exact) mass is 220 g/mol. The molecule has 0 unspecified atom stereocenters. The fraction of sp³-hybridized carbons (Fsp3) is 0. The third-order valence-electron chi connectivity index (χ3n) is 1.47. The van der Waals surface area contributed by atoms with Crippen molar-refractivity contribution >= 4 is 29.2 Å². The summed E-state index contributed by atoms with van der Waals surface area (Å²) in [5.41, 5.74) is 17.1. The lowest BCUT2D eigenvalue weighted by atomic mass is 10.2. The molecule has 0 fully saturated rings. The quantitative estimate of drug-likeness (QED) is 0.203. The molecule has 0 amide bonds. The Labute approximate surface area is 91.4 Å². The molecule has 0 aromatic heterocycles. The molecule has 0 radical (unpaired) electrons. The summed E-state index contributed by atoms with van der Waals surface area (Å²) >= 11 is 4.57. The molecule has 0 atom stereocenters. The summed E-state index contributed by atoms with van der Waals surface area (Å²) in [7, 11) is 0. The maximum Gasteiger partial charge on any atom is 0.184 e. The van der Waals surface area contributed by atoms with Gasteiger partial charge in [0.15, 0.2) is 5.11 Å². The number of nitrogens with zero attached hydrogens (tertiary/aromatic N) is 4. The van der Waals surface area contributed by atoms with Crippen molar-refractivity contribution in [3.8, 4) is 0 Å². The zero-order chi connectivity index (χ0) is 11.1. The van der Waals surface area contributed by atoms with Crippen molar-refractivity contribution in [2.75, 3.05) is 0 Å². The van der Waals surface area contributed by atoms with E-state index in [1.165, 1.54) is 6.21 Å². The number of azide groups is 1. The molecule has 76 valence electrons. The van der Waals surface area contributed by atoms with Crippen molar-refractivity contribution in [1.82, 2.24) is 5.43 Å². The summed E-state index contributed by atoms with van der Waals surface area (Å²) in [6, 6.07) is 7.01. The van der Waals surface area contributed by atoms with Gasteiger partial charge in [-0.25, -0.2) is 0 Å². The largest absolute Gasteiger partial charge is 0.375 e. The summed E-state index contributed by atoms with van der Waals surface area (Å²) in [4.78, 5) is 2.70. The molecule has 6 nitrogen and oxygen atoms in total. The zero-order valence-electron chi connectivity index (χ0n) is 7.66. The Hall–Kier alpha value is -2.11. The van der Waals surface area contributed by atoms with Crippen LogP contribution in [0.25, 0.3) is 10.4 Å². The van der Waals surface area contributed by atoms with E-state index in [4.69, 9.17) is 11.3 Å². The van der Waals surface area contributed by atoms with Gasteiger partial charge < -0.3 is 5.73 Å². The van der Waals surface area contributed by atoms with E-state index in [-0.39, 0.29) is 5.11 Å². The highest BCUT2D eigenvalue weighted by Gasteiger charge is 1.94. The van der Waals surface area contributed by atoms with E-state index in [1.54, 1.807) is 24.3 Å². The number of benzene rings is 1. The van der Waals surface area contributed by atoms with Gasteiger partial charge in [-0.2, -0.15) is 5.10 Å². The minimum absolute atomic E-state index is 0.0764. The van der Waals surface area contributed by atoms with Crippen LogP contribution in [0.4, 0.5) is 5.69 Å². The van der Waals surface area contributed by atoms with E-state index in [1.807, 2.05) is 0 Å². The zero-order valence-corrected chi connectivity index (χ0v) is 8.48. The second-order valence-electron chi connectivity index (χ2n) is 2.48. The van der Waals surface area contributed by atoms with Crippen molar-refractivity contribution in [3.05, 3.63) is 40.3 Å². The number of rotatable bonds is 3. The van der Waals surface area contributed by atoms with Crippen molar-refractivity contribution in [2.45, 2.75) is 0 Å². The first-order chi connectivity index (χ1) is 7.24. The normalized spacial score (nSPS) is 9.60. The van der Waals surface area contributed by atoms with Crippen LogP contribution in [0, 0.1) is 0 Å². The van der Waals surface area contributed by atoms with E-state index in [0.717, 1.165) is 0 Å². The van der Waals surface area contributed by atoms with Gasteiger partial charge in [-0.15, -0.1) is 0 Å². The van der Waals surface area contributed by atoms with Gasteiger partial charge in [0.25, 0.3) is 0 Å². The van der Waals surface area contributed by atoms with Gasteiger partial charge in [0.1, 0.15) is 0 Å².